The third-order valence-corrected chi connectivity index (χ3v) is 4.00. The highest BCUT2D eigenvalue weighted by molar-refractivity contribution is 7.09. The van der Waals surface area contributed by atoms with E-state index in [0.29, 0.717) is 17.0 Å². The van der Waals surface area contributed by atoms with Gasteiger partial charge >= 0.3 is 0 Å². The summed E-state index contributed by atoms with van der Waals surface area (Å²) in [5.74, 6) is 0.319. The number of benzene rings is 1. The van der Waals surface area contributed by atoms with E-state index in [1.165, 1.54) is 18.4 Å². The Kier molecular flexibility index (Phi) is 4.24. The summed E-state index contributed by atoms with van der Waals surface area (Å²) in [5, 5.41) is 5.76. The predicted octanol–water partition coefficient (Wildman–Crippen LogP) is 2.53. The van der Waals surface area contributed by atoms with E-state index in [1.54, 1.807) is 18.2 Å². The Morgan fingerprint density at radius 3 is 2.85 bits per heavy atom. The summed E-state index contributed by atoms with van der Waals surface area (Å²) < 4.78 is 5.11. The van der Waals surface area contributed by atoms with Crippen molar-refractivity contribution in [1.29, 1.82) is 0 Å². The summed E-state index contributed by atoms with van der Waals surface area (Å²) in [7, 11) is 1.52. The number of nitrogens with two attached hydrogens (primary N) is 1. The van der Waals surface area contributed by atoms with Crippen LogP contribution in [0.5, 0.6) is 5.75 Å². The van der Waals surface area contributed by atoms with Gasteiger partial charge < -0.3 is 15.8 Å². The van der Waals surface area contributed by atoms with Crippen LogP contribution in [-0.4, -0.2) is 18.0 Å². The SMILES string of the molecule is COc1cc(C(=O)NC(C)c2nc(C)cs2)ccc1N. The largest absolute Gasteiger partial charge is 0.495 e. The molecule has 2 aromatic rings. The Morgan fingerprint density at radius 1 is 1.50 bits per heavy atom. The summed E-state index contributed by atoms with van der Waals surface area (Å²) in [6.45, 7) is 3.84. The Hall–Kier alpha value is -2.08. The maximum atomic E-state index is 12.2. The quantitative estimate of drug-likeness (QED) is 0.849. The number of thiazole rings is 1. The van der Waals surface area contributed by atoms with Gasteiger partial charge in [0.25, 0.3) is 5.91 Å². The molecule has 2 rings (SSSR count). The van der Waals surface area contributed by atoms with E-state index in [1.807, 2.05) is 19.2 Å². The number of ether oxygens (including phenoxy) is 1. The number of anilines is 1. The zero-order valence-corrected chi connectivity index (χ0v) is 12.5. The molecule has 106 valence electrons. The van der Waals surface area contributed by atoms with E-state index in [9.17, 15) is 4.79 Å². The van der Waals surface area contributed by atoms with Crippen molar-refractivity contribution in [1.82, 2.24) is 10.3 Å². The molecule has 3 N–H and O–H groups in total. The third kappa shape index (κ3) is 3.08. The molecule has 0 aliphatic heterocycles. The summed E-state index contributed by atoms with van der Waals surface area (Å²) >= 11 is 1.53. The minimum Gasteiger partial charge on any atom is -0.495 e. The van der Waals surface area contributed by atoms with Crippen LogP contribution in [0.2, 0.25) is 0 Å². The third-order valence-electron chi connectivity index (χ3n) is 2.85. The van der Waals surface area contributed by atoms with Gasteiger partial charge in [0.15, 0.2) is 0 Å². The summed E-state index contributed by atoms with van der Waals surface area (Å²) in [5.41, 5.74) is 7.71. The second-order valence-electron chi connectivity index (χ2n) is 4.48. The molecule has 0 saturated heterocycles. The molecule has 0 saturated carbocycles. The maximum Gasteiger partial charge on any atom is 0.251 e. The Labute approximate surface area is 121 Å². The van der Waals surface area contributed by atoms with E-state index in [2.05, 4.69) is 10.3 Å². The molecule has 1 aromatic heterocycles. The molecule has 1 aromatic carbocycles. The second-order valence-corrected chi connectivity index (χ2v) is 5.37. The van der Waals surface area contributed by atoms with Gasteiger partial charge in [-0.1, -0.05) is 0 Å². The van der Waals surface area contributed by atoms with E-state index < -0.39 is 0 Å². The number of nitrogens with one attached hydrogen (secondary N) is 1. The fourth-order valence-electron chi connectivity index (χ4n) is 1.77. The van der Waals surface area contributed by atoms with E-state index >= 15 is 0 Å². The Morgan fingerprint density at radius 2 is 2.25 bits per heavy atom. The molecule has 20 heavy (non-hydrogen) atoms. The van der Waals surface area contributed by atoms with Gasteiger partial charge in [0.05, 0.1) is 18.8 Å². The molecule has 0 aliphatic carbocycles. The van der Waals surface area contributed by atoms with Crippen molar-refractivity contribution in [3.05, 3.63) is 39.8 Å². The number of hydrogen-bond donors (Lipinski definition) is 2. The lowest BCUT2D eigenvalue weighted by molar-refractivity contribution is 0.0939. The molecule has 5 nitrogen and oxygen atoms in total. The molecule has 0 bridgehead atoms. The highest BCUT2D eigenvalue weighted by Crippen LogP contribution is 2.23. The van der Waals surface area contributed by atoms with Crippen LogP contribution in [0.15, 0.2) is 23.6 Å². The first-order valence-electron chi connectivity index (χ1n) is 6.17. The summed E-state index contributed by atoms with van der Waals surface area (Å²) in [6, 6.07) is 4.83. The van der Waals surface area contributed by atoms with Crippen molar-refractivity contribution in [2.45, 2.75) is 19.9 Å². The summed E-state index contributed by atoms with van der Waals surface area (Å²) in [4.78, 5) is 16.5. The average molecular weight is 291 g/mol. The second kappa shape index (κ2) is 5.92. The number of carbonyl (C=O) groups is 1. The number of nitrogens with zero attached hydrogens (tertiary/aromatic N) is 1. The van der Waals surface area contributed by atoms with Crippen LogP contribution >= 0.6 is 11.3 Å². The van der Waals surface area contributed by atoms with Crippen LogP contribution in [0.4, 0.5) is 5.69 Å². The molecular weight excluding hydrogens is 274 g/mol. The van der Waals surface area contributed by atoms with E-state index in [4.69, 9.17) is 10.5 Å². The van der Waals surface area contributed by atoms with Crippen molar-refractivity contribution in [3.63, 3.8) is 0 Å². The lowest BCUT2D eigenvalue weighted by atomic mass is 10.1. The van der Waals surface area contributed by atoms with Crippen LogP contribution in [-0.2, 0) is 0 Å². The van der Waals surface area contributed by atoms with Crippen LogP contribution in [0.25, 0.3) is 0 Å². The van der Waals surface area contributed by atoms with E-state index in [-0.39, 0.29) is 11.9 Å². The standard InChI is InChI=1S/C14H17N3O2S/c1-8-7-20-14(16-8)9(2)17-13(18)10-4-5-11(15)12(6-10)19-3/h4-7,9H,15H2,1-3H3,(H,17,18). The fraction of sp³-hybridized carbons (Fsp3) is 0.286. The first-order chi connectivity index (χ1) is 9.51. The first-order valence-corrected chi connectivity index (χ1v) is 7.05. The topological polar surface area (TPSA) is 77.2 Å². The van der Waals surface area contributed by atoms with E-state index in [0.717, 1.165) is 10.7 Å². The molecule has 0 spiro atoms. The van der Waals surface area contributed by atoms with Gasteiger partial charge in [-0.25, -0.2) is 4.98 Å². The summed E-state index contributed by atoms with van der Waals surface area (Å²) in [6.07, 6.45) is 0. The highest BCUT2D eigenvalue weighted by Gasteiger charge is 2.15. The zero-order chi connectivity index (χ0) is 14.7. The van der Waals surface area contributed by atoms with Gasteiger partial charge in [-0.3, -0.25) is 4.79 Å². The van der Waals surface area contributed by atoms with Crippen molar-refractivity contribution in [3.8, 4) is 5.75 Å². The normalized spacial score (nSPS) is 11.9. The van der Waals surface area contributed by atoms with Gasteiger partial charge in [0, 0.05) is 16.6 Å². The molecule has 0 fully saturated rings. The lowest BCUT2D eigenvalue weighted by Crippen LogP contribution is -2.26. The number of nitrogen functional groups attached to an aromatic ring is 1. The monoisotopic (exact) mass is 291 g/mol. The number of methoxy groups -OCH3 is 1. The molecule has 0 radical (unpaired) electrons. The molecule has 1 amide bonds. The molecule has 6 heteroatoms. The number of rotatable bonds is 4. The average Bonchev–Trinajstić information content (AvgIpc) is 2.86. The van der Waals surface area contributed by atoms with Gasteiger partial charge in [-0.15, -0.1) is 11.3 Å². The molecular formula is C14H17N3O2S. The smallest absolute Gasteiger partial charge is 0.251 e. The van der Waals surface area contributed by atoms with Crippen molar-refractivity contribution < 1.29 is 9.53 Å². The highest BCUT2D eigenvalue weighted by atomic mass is 32.1. The number of carbonyl (C=O) groups excluding carboxylic acids is 1. The zero-order valence-electron chi connectivity index (χ0n) is 11.6. The Balaban J connectivity index is 2.12. The van der Waals surface area contributed by atoms with Crippen LogP contribution in [0.1, 0.15) is 34.0 Å². The Bertz CT molecular complexity index is 625. The van der Waals surface area contributed by atoms with Gasteiger partial charge in [0.1, 0.15) is 10.8 Å². The van der Waals surface area contributed by atoms with Crippen molar-refractivity contribution in [2.24, 2.45) is 0 Å². The van der Waals surface area contributed by atoms with Crippen LogP contribution in [0.3, 0.4) is 0 Å². The van der Waals surface area contributed by atoms with Gasteiger partial charge in [-0.2, -0.15) is 0 Å². The number of hydrogen-bond acceptors (Lipinski definition) is 5. The minimum atomic E-state index is -0.177. The number of amides is 1. The lowest BCUT2D eigenvalue weighted by Gasteiger charge is -2.12. The predicted molar refractivity (Wildman–Crippen MR) is 80.1 cm³/mol. The van der Waals surface area contributed by atoms with Crippen molar-refractivity contribution in [2.75, 3.05) is 12.8 Å². The molecule has 1 heterocycles. The maximum absolute atomic E-state index is 12.2. The number of aromatic nitrogens is 1. The minimum absolute atomic E-state index is 0.134. The fourth-order valence-corrected chi connectivity index (χ4v) is 2.57. The van der Waals surface area contributed by atoms with Crippen LogP contribution < -0.4 is 15.8 Å². The van der Waals surface area contributed by atoms with Gasteiger partial charge in [0.2, 0.25) is 0 Å². The van der Waals surface area contributed by atoms with Crippen molar-refractivity contribution >= 4 is 22.9 Å². The number of aryl methyl sites for hydroxylation is 1. The van der Waals surface area contributed by atoms with Gasteiger partial charge in [-0.05, 0) is 32.0 Å². The van der Waals surface area contributed by atoms with Crippen LogP contribution in [0, 0.1) is 6.92 Å². The molecule has 1 atom stereocenters. The molecule has 1 unspecified atom stereocenters. The first kappa shape index (κ1) is 14.3. The molecule has 0 aliphatic rings.